The zero-order chi connectivity index (χ0) is 27.5. The normalized spacial score (nSPS) is 15.2. The number of nitrogens with zero attached hydrogens (tertiary/aromatic N) is 1. The molecule has 0 radical (unpaired) electrons. The maximum atomic E-state index is 13.4. The first-order chi connectivity index (χ1) is 18.8. The van der Waals surface area contributed by atoms with Gasteiger partial charge in [0.2, 0.25) is 0 Å². The molecule has 5 rings (SSSR count). The molecule has 4 aromatic rings. The average molecular weight is 559 g/mol. The first-order valence-electron chi connectivity index (χ1n) is 12.3. The molecule has 0 aliphatic carbocycles. The number of aromatic amines is 1. The number of hydrogen-bond donors (Lipinski definition) is 2. The number of amides is 1. The quantitative estimate of drug-likeness (QED) is 0.193. The van der Waals surface area contributed by atoms with Crippen LogP contribution in [0.2, 0.25) is 0 Å². The van der Waals surface area contributed by atoms with Crippen molar-refractivity contribution in [2.75, 3.05) is 7.11 Å². The van der Waals surface area contributed by atoms with Gasteiger partial charge in [0.1, 0.15) is 17.0 Å². The number of aromatic nitrogens is 1. The minimum atomic E-state index is -1.13. The predicted molar refractivity (Wildman–Crippen MR) is 157 cm³/mol. The van der Waals surface area contributed by atoms with Crippen molar-refractivity contribution in [2.45, 2.75) is 26.0 Å². The number of carbonyl (C=O) groups excluding carboxylic acids is 1. The number of ether oxygens (including phenoxy) is 2. The van der Waals surface area contributed by atoms with Crippen LogP contribution in [-0.4, -0.2) is 44.3 Å². The topological polar surface area (TPSA) is 91.9 Å². The fourth-order valence-corrected chi connectivity index (χ4v) is 5.79. The molecular weight excluding hydrogens is 532 g/mol. The Bertz CT molecular complexity index is 1590. The molecule has 1 aliphatic rings. The third kappa shape index (κ3) is 5.69. The fraction of sp³-hybridized carbons (Fsp3) is 0.167. The van der Waals surface area contributed by atoms with Crippen LogP contribution in [0.3, 0.4) is 0 Å². The standard InChI is InChI=1S/C30H26N2O5S2/c1-18-7-9-19(10-8-18)17-37-25-12-11-20(13-26(25)36-2)14-27-28(33)32(30(38)39-27)24(29(34)35)15-21-16-31-23-6-4-3-5-22(21)23/h3-14,16,24,31H,15,17H2,1-2H3,(H,34,35)/b27-14-. The highest BCUT2D eigenvalue weighted by atomic mass is 32.2. The van der Waals surface area contributed by atoms with Crippen LogP contribution in [0.4, 0.5) is 0 Å². The maximum absolute atomic E-state index is 13.4. The van der Waals surface area contributed by atoms with Crippen molar-refractivity contribution in [3.63, 3.8) is 0 Å². The molecule has 2 N–H and O–H groups in total. The lowest BCUT2D eigenvalue weighted by molar-refractivity contribution is -0.145. The average Bonchev–Trinajstić information content (AvgIpc) is 3.46. The van der Waals surface area contributed by atoms with Gasteiger partial charge in [-0.25, -0.2) is 4.79 Å². The largest absolute Gasteiger partial charge is 0.493 e. The van der Waals surface area contributed by atoms with E-state index < -0.39 is 17.9 Å². The van der Waals surface area contributed by atoms with Crippen LogP contribution in [0.5, 0.6) is 11.5 Å². The number of benzene rings is 3. The van der Waals surface area contributed by atoms with Crippen molar-refractivity contribution in [3.05, 3.63) is 100 Å². The van der Waals surface area contributed by atoms with Crippen LogP contribution in [-0.2, 0) is 22.6 Å². The highest BCUT2D eigenvalue weighted by molar-refractivity contribution is 8.26. The first-order valence-corrected chi connectivity index (χ1v) is 13.5. The molecule has 1 aliphatic heterocycles. The molecule has 1 aromatic heterocycles. The van der Waals surface area contributed by atoms with E-state index in [1.54, 1.807) is 31.5 Å². The number of carboxylic acids is 1. The van der Waals surface area contributed by atoms with Gasteiger partial charge in [0.05, 0.1) is 12.0 Å². The van der Waals surface area contributed by atoms with E-state index in [0.29, 0.717) is 28.6 Å². The predicted octanol–water partition coefficient (Wildman–Crippen LogP) is 5.96. The molecule has 7 nitrogen and oxygen atoms in total. The molecule has 3 aromatic carbocycles. The fourth-order valence-electron chi connectivity index (χ4n) is 4.44. The second kappa shape index (κ2) is 11.3. The smallest absolute Gasteiger partial charge is 0.327 e. The Kier molecular flexibility index (Phi) is 7.72. The molecule has 0 spiro atoms. The number of fused-ring (bicyclic) bond motifs is 1. The lowest BCUT2D eigenvalue weighted by atomic mass is 10.0. The molecule has 1 amide bonds. The zero-order valence-electron chi connectivity index (χ0n) is 21.3. The summed E-state index contributed by atoms with van der Waals surface area (Å²) in [5, 5.41) is 11.0. The number of H-pyrrole nitrogens is 1. The van der Waals surface area contributed by atoms with Crippen LogP contribution in [0.25, 0.3) is 17.0 Å². The summed E-state index contributed by atoms with van der Waals surface area (Å²) < 4.78 is 11.7. The molecule has 2 heterocycles. The van der Waals surface area contributed by atoms with Crippen LogP contribution < -0.4 is 9.47 Å². The second-order valence-electron chi connectivity index (χ2n) is 9.15. The van der Waals surface area contributed by atoms with Crippen molar-refractivity contribution in [2.24, 2.45) is 0 Å². The lowest BCUT2D eigenvalue weighted by Gasteiger charge is -2.23. The number of hydrogen-bond acceptors (Lipinski definition) is 6. The summed E-state index contributed by atoms with van der Waals surface area (Å²) in [6, 6.07) is 20.0. The van der Waals surface area contributed by atoms with Crippen LogP contribution in [0.1, 0.15) is 22.3 Å². The number of aliphatic carboxylic acids is 1. The van der Waals surface area contributed by atoms with Gasteiger partial charge in [-0.1, -0.05) is 78.1 Å². The third-order valence-corrected chi connectivity index (χ3v) is 7.84. The van der Waals surface area contributed by atoms with Gasteiger partial charge in [-0.05, 0) is 47.9 Å². The summed E-state index contributed by atoms with van der Waals surface area (Å²) in [6.45, 7) is 2.42. The summed E-state index contributed by atoms with van der Waals surface area (Å²) in [6.07, 6.45) is 3.60. The van der Waals surface area contributed by atoms with E-state index in [9.17, 15) is 14.7 Å². The lowest BCUT2D eigenvalue weighted by Crippen LogP contribution is -2.45. The van der Waals surface area contributed by atoms with Gasteiger partial charge in [0.25, 0.3) is 5.91 Å². The van der Waals surface area contributed by atoms with Crippen molar-refractivity contribution in [3.8, 4) is 11.5 Å². The molecule has 198 valence electrons. The van der Waals surface area contributed by atoms with Gasteiger partial charge in [0.15, 0.2) is 11.5 Å². The van der Waals surface area contributed by atoms with E-state index in [1.165, 1.54) is 10.5 Å². The van der Waals surface area contributed by atoms with Gasteiger partial charge in [-0.3, -0.25) is 9.69 Å². The van der Waals surface area contributed by atoms with E-state index in [1.807, 2.05) is 61.5 Å². The minimum absolute atomic E-state index is 0.125. The molecule has 9 heteroatoms. The highest BCUT2D eigenvalue weighted by Crippen LogP contribution is 2.37. The Labute approximate surface area is 235 Å². The van der Waals surface area contributed by atoms with E-state index in [-0.39, 0.29) is 10.7 Å². The first kappa shape index (κ1) is 26.5. The zero-order valence-corrected chi connectivity index (χ0v) is 23.0. The van der Waals surface area contributed by atoms with Crippen LogP contribution >= 0.6 is 24.0 Å². The number of nitrogens with one attached hydrogen (secondary N) is 1. The molecule has 1 fully saturated rings. The molecular formula is C30H26N2O5S2. The van der Waals surface area contributed by atoms with E-state index in [4.69, 9.17) is 21.7 Å². The number of carbonyl (C=O) groups is 2. The van der Waals surface area contributed by atoms with Crippen molar-refractivity contribution in [1.29, 1.82) is 0 Å². The summed E-state index contributed by atoms with van der Waals surface area (Å²) in [5.74, 6) is -0.452. The Hall–Kier alpha value is -4.08. The Morgan fingerprint density at radius 1 is 1.13 bits per heavy atom. The molecule has 1 saturated heterocycles. The third-order valence-electron chi connectivity index (χ3n) is 6.51. The molecule has 39 heavy (non-hydrogen) atoms. The summed E-state index contributed by atoms with van der Waals surface area (Å²) >= 11 is 6.56. The SMILES string of the molecule is COc1cc(/C=C2\SC(=S)N(C(Cc3c[nH]c4ccccc34)C(=O)O)C2=O)ccc1OCc1ccc(C)cc1. The van der Waals surface area contributed by atoms with Gasteiger partial charge < -0.3 is 19.6 Å². The van der Waals surface area contributed by atoms with Gasteiger partial charge in [0, 0.05) is 23.5 Å². The van der Waals surface area contributed by atoms with Gasteiger partial charge >= 0.3 is 5.97 Å². The number of para-hydroxylation sites is 1. The molecule has 1 unspecified atom stereocenters. The number of aryl methyl sites for hydroxylation is 1. The van der Waals surface area contributed by atoms with E-state index >= 15 is 0 Å². The Morgan fingerprint density at radius 3 is 2.64 bits per heavy atom. The number of thioether (sulfide) groups is 1. The Balaban J connectivity index is 1.34. The molecule has 1 atom stereocenters. The van der Waals surface area contributed by atoms with Crippen LogP contribution in [0.15, 0.2) is 77.8 Å². The highest BCUT2D eigenvalue weighted by Gasteiger charge is 2.40. The number of methoxy groups -OCH3 is 1. The van der Waals surface area contributed by atoms with Crippen molar-refractivity contribution in [1.82, 2.24) is 9.88 Å². The van der Waals surface area contributed by atoms with Gasteiger partial charge in [-0.15, -0.1) is 0 Å². The number of rotatable bonds is 9. The van der Waals surface area contributed by atoms with E-state index in [2.05, 4.69) is 4.98 Å². The number of carboxylic acid groups (broad SMARTS) is 1. The monoisotopic (exact) mass is 558 g/mol. The maximum Gasteiger partial charge on any atom is 0.327 e. The summed E-state index contributed by atoms with van der Waals surface area (Å²) in [5.41, 5.74) is 4.64. The van der Waals surface area contributed by atoms with Gasteiger partial charge in [-0.2, -0.15) is 0 Å². The van der Waals surface area contributed by atoms with Crippen molar-refractivity contribution >= 4 is 57.2 Å². The van der Waals surface area contributed by atoms with E-state index in [0.717, 1.165) is 33.8 Å². The summed E-state index contributed by atoms with van der Waals surface area (Å²) in [7, 11) is 1.56. The Morgan fingerprint density at radius 2 is 1.90 bits per heavy atom. The second-order valence-corrected chi connectivity index (χ2v) is 10.8. The number of thiocarbonyl (C=S) groups is 1. The van der Waals surface area contributed by atoms with Crippen LogP contribution in [0, 0.1) is 6.92 Å². The molecule has 0 saturated carbocycles. The van der Waals surface area contributed by atoms with Crippen molar-refractivity contribution < 1.29 is 24.2 Å². The minimum Gasteiger partial charge on any atom is -0.493 e. The summed E-state index contributed by atoms with van der Waals surface area (Å²) in [4.78, 5) is 30.4. The molecule has 0 bridgehead atoms.